The molecular formula is C20H23NO. The van der Waals surface area contributed by atoms with E-state index in [0.29, 0.717) is 5.92 Å². The van der Waals surface area contributed by atoms with Crippen molar-refractivity contribution < 1.29 is 4.74 Å². The molecule has 0 aliphatic carbocycles. The van der Waals surface area contributed by atoms with Crippen LogP contribution in [0.2, 0.25) is 0 Å². The Kier molecular flexibility index (Phi) is 3.69. The Morgan fingerprint density at radius 1 is 0.955 bits per heavy atom. The van der Waals surface area contributed by atoms with Gasteiger partial charge in [-0.25, -0.2) is 0 Å². The van der Waals surface area contributed by atoms with E-state index in [1.54, 1.807) is 7.11 Å². The third-order valence-corrected chi connectivity index (χ3v) is 4.22. The summed E-state index contributed by atoms with van der Waals surface area (Å²) in [6.07, 6.45) is 0. The van der Waals surface area contributed by atoms with Crippen molar-refractivity contribution in [2.45, 2.75) is 33.6 Å². The fourth-order valence-electron chi connectivity index (χ4n) is 3.03. The summed E-state index contributed by atoms with van der Waals surface area (Å²) in [7, 11) is 1.71. The number of ether oxygens (including phenoxy) is 1. The minimum atomic E-state index is 0.467. The number of benzene rings is 2. The Bertz CT molecular complexity index is 827. The first kappa shape index (κ1) is 14.7. The van der Waals surface area contributed by atoms with Gasteiger partial charge in [-0.2, -0.15) is 0 Å². The molecule has 0 N–H and O–H groups in total. The van der Waals surface area contributed by atoms with Crippen LogP contribution in [0.15, 0.2) is 42.5 Å². The zero-order valence-corrected chi connectivity index (χ0v) is 14.0. The van der Waals surface area contributed by atoms with Crippen LogP contribution in [0.1, 0.15) is 36.6 Å². The average Bonchev–Trinajstić information content (AvgIpc) is 2.85. The van der Waals surface area contributed by atoms with Gasteiger partial charge in [0.05, 0.1) is 12.6 Å². The Hall–Kier alpha value is -2.22. The van der Waals surface area contributed by atoms with E-state index in [-0.39, 0.29) is 0 Å². The van der Waals surface area contributed by atoms with E-state index in [9.17, 15) is 0 Å². The van der Waals surface area contributed by atoms with Crippen LogP contribution >= 0.6 is 0 Å². The number of rotatable bonds is 3. The van der Waals surface area contributed by atoms with Gasteiger partial charge < -0.3 is 9.30 Å². The van der Waals surface area contributed by atoms with Crippen LogP contribution in [0.4, 0.5) is 0 Å². The Morgan fingerprint density at radius 2 is 1.73 bits per heavy atom. The average molecular weight is 293 g/mol. The van der Waals surface area contributed by atoms with Crippen LogP contribution in [-0.2, 0) is 0 Å². The summed E-state index contributed by atoms with van der Waals surface area (Å²) in [5.41, 5.74) is 6.35. The molecule has 2 aromatic carbocycles. The van der Waals surface area contributed by atoms with Gasteiger partial charge in [0.2, 0.25) is 0 Å². The lowest BCUT2D eigenvalue weighted by molar-refractivity contribution is 0.414. The molecule has 2 nitrogen and oxygen atoms in total. The molecule has 0 fully saturated rings. The highest BCUT2D eigenvalue weighted by Crippen LogP contribution is 2.32. The smallest absolute Gasteiger partial charge is 0.119 e. The molecule has 0 bridgehead atoms. The van der Waals surface area contributed by atoms with Gasteiger partial charge in [-0.15, -0.1) is 0 Å². The highest BCUT2D eigenvalue weighted by atomic mass is 16.5. The second-order valence-electron chi connectivity index (χ2n) is 6.27. The van der Waals surface area contributed by atoms with Gasteiger partial charge in [-0.1, -0.05) is 26.0 Å². The lowest BCUT2D eigenvalue weighted by Gasteiger charge is -2.16. The number of aryl methyl sites for hydroxylation is 2. The van der Waals surface area contributed by atoms with Gasteiger partial charge in [0.1, 0.15) is 5.75 Å². The van der Waals surface area contributed by atoms with Gasteiger partial charge in [0.15, 0.2) is 0 Å². The first-order valence-electron chi connectivity index (χ1n) is 7.78. The van der Waals surface area contributed by atoms with Crippen molar-refractivity contribution in [2.24, 2.45) is 0 Å². The fourth-order valence-corrected chi connectivity index (χ4v) is 3.03. The molecule has 0 aliphatic heterocycles. The lowest BCUT2D eigenvalue weighted by Crippen LogP contribution is -2.04. The molecule has 0 saturated carbocycles. The number of nitrogens with zero attached hydrogens (tertiary/aromatic N) is 1. The number of methoxy groups -OCH3 is 1. The van der Waals surface area contributed by atoms with Crippen molar-refractivity contribution in [1.29, 1.82) is 0 Å². The molecule has 2 heteroatoms. The summed E-state index contributed by atoms with van der Waals surface area (Å²) in [6, 6.07) is 15.3. The molecule has 0 aliphatic rings. The van der Waals surface area contributed by atoms with Crippen molar-refractivity contribution >= 4 is 10.9 Å². The van der Waals surface area contributed by atoms with Crippen LogP contribution in [-0.4, -0.2) is 11.7 Å². The molecular weight excluding hydrogens is 270 g/mol. The summed E-state index contributed by atoms with van der Waals surface area (Å²) in [5.74, 6) is 1.37. The van der Waals surface area contributed by atoms with Crippen molar-refractivity contribution in [1.82, 2.24) is 4.57 Å². The first-order chi connectivity index (χ1) is 10.5. The second kappa shape index (κ2) is 5.53. The second-order valence-corrected chi connectivity index (χ2v) is 6.27. The predicted molar refractivity (Wildman–Crippen MR) is 93.4 cm³/mol. The summed E-state index contributed by atoms with van der Waals surface area (Å²) >= 11 is 0. The molecule has 3 aromatic rings. The van der Waals surface area contributed by atoms with Crippen molar-refractivity contribution in [3.8, 4) is 11.4 Å². The van der Waals surface area contributed by atoms with Crippen LogP contribution in [0.3, 0.4) is 0 Å². The van der Waals surface area contributed by atoms with E-state index in [4.69, 9.17) is 4.74 Å². The molecule has 0 unspecified atom stereocenters. The molecule has 114 valence electrons. The zero-order chi connectivity index (χ0) is 15.9. The summed E-state index contributed by atoms with van der Waals surface area (Å²) in [5, 5.41) is 1.30. The quantitative estimate of drug-likeness (QED) is 0.632. The molecule has 1 aromatic heterocycles. The molecule has 0 atom stereocenters. The lowest BCUT2D eigenvalue weighted by atomic mass is 10.1. The van der Waals surface area contributed by atoms with Gasteiger partial charge in [0.25, 0.3) is 0 Å². The third-order valence-electron chi connectivity index (χ3n) is 4.22. The predicted octanol–water partition coefficient (Wildman–Crippen LogP) is 5.38. The van der Waals surface area contributed by atoms with E-state index in [0.717, 1.165) is 5.75 Å². The largest absolute Gasteiger partial charge is 0.497 e. The molecule has 0 saturated heterocycles. The maximum Gasteiger partial charge on any atom is 0.119 e. The summed E-state index contributed by atoms with van der Waals surface area (Å²) in [6.45, 7) is 8.78. The van der Waals surface area contributed by atoms with Gasteiger partial charge in [-0.05, 0) is 61.2 Å². The van der Waals surface area contributed by atoms with E-state index >= 15 is 0 Å². The van der Waals surface area contributed by atoms with E-state index in [1.807, 2.05) is 6.07 Å². The zero-order valence-electron chi connectivity index (χ0n) is 14.0. The Morgan fingerprint density at radius 3 is 2.36 bits per heavy atom. The third kappa shape index (κ3) is 2.39. The number of hydrogen-bond donors (Lipinski definition) is 0. The maximum atomic E-state index is 5.34. The molecule has 0 amide bonds. The van der Waals surface area contributed by atoms with E-state index < -0.39 is 0 Å². The topological polar surface area (TPSA) is 14.2 Å². The van der Waals surface area contributed by atoms with Crippen LogP contribution < -0.4 is 4.74 Å². The Balaban J connectivity index is 2.33. The van der Waals surface area contributed by atoms with Crippen molar-refractivity contribution in [2.75, 3.05) is 7.11 Å². The van der Waals surface area contributed by atoms with Gasteiger partial charge >= 0.3 is 0 Å². The monoisotopic (exact) mass is 293 g/mol. The van der Waals surface area contributed by atoms with Gasteiger partial charge in [0, 0.05) is 16.8 Å². The van der Waals surface area contributed by atoms with Crippen LogP contribution in [0, 0.1) is 13.8 Å². The highest BCUT2D eigenvalue weighted by molar-refractivity contribution is 5.84. The van der Waals surface area contributed by atoms with E-state index in [1.165, 1.54) is 33.4 Å². The first-order valence-corrected chi connectivity index (χ1v) is 7.78. The standard InChI is InChI=1S/C20H23NO/c1-13(2)19-12-16-7-6-14(3)10-20(16)21(19)18-9-8-17(22-5)11-15(18)4/h6-13H,1-5H3. The molecule has 0 spiro atoms. The van der Waals surface area contributed by atoms with Crippen LogP contribution in [0.5, 0.6) is 5.75 Å². The fraction of sp³-hybridized carbons (Fsp3) is 0.300. The van der Waals surface area contributed by atoms with E-state index in [2.05, 4.69) is 68.7 Å². The summed E-state index contributed by atoms with van der Waals surface area (Å²) in [4.78, 5) is 0. The minimum absolute atomic E-state index is 0.467. The molecule has 22 heavy (non-hydrogen) atoms. The Labute approximate surface area is 132 Å². The summed E-state index contributed by atoms with van der Waals surface area (Å²) < 4.78 is 7.73. The van der Waals surface area contributed by atoms with Crippen LogP contribution in [0.25, 0.3) is 16.6 Å². The number of aromatic nitrogens is 1. The minimum Gasteiger partial charge on any atom is -0.497 e. The van der Waals surface area contributed by atoms with Crippen molar-refractivity contribution in [3.05, 3.63) is 59.3 Å². The SMILES string of the molecule is COc1ccc(-n2c(C(C)C)cc3ccc(C)cc32)c(C)c1. The maximum absolute atomic E-state index is 5.34. The molecule has 0 radical (unpaired) electrons. The molecule has 3 rings (SSSR count). The normalized spacial score (nSPS) is 11.4. The number of hydrogen-bond acceptors (Lipinski definition) is 1. The van der Waals surface area contributed by atoms with Gasteiger partial charge in [-0.3, -0.25) is 0 Å². The number of fused-ring (bicyclic) bond motifs is 1. The van der Waals surface area contributed by atoms with Crippen molar-refractivity contribution in [3.63, 3.8) is 0 Å². The molecule has 1 heterocycles. The highest BCUT2D eigenvalue weighted by Gasteiger charge is 2.15.